The van der Waals surface area contributed by atoms with E-state index in [-0.39, 0.29) is 29.0 Å². The van der Waals surface area contributed by atoms with Crippen molar-refractivity contribution >= 4 is 33.3 Å². The highest BCUT2D eigenvalue weighted by Crippen LogP contribution is 2.27. The zero-order valence-electron chi connectivity index (χ0n) is 11.3. The number of Topliss-reactive ketones (excluding diaryl/α,β-unsaturated/α-hetero) is 1. The maximum atomic E-state index is 11.7. The number of amides is 1. The van der Waals surface area contributed by atoms with Gasteiger partial charge in [0.15, 0.2) is 5.78 Å². The van der Waals surface area contributed by atoms with Gasteiger partial charge in [-0.3, -0.25) is 9.59 Å². The number of hydrogen-bond donors (Lipinski definition) is 1. The molecule has 1 amide bonds. The molecule has 0 saturated carbocycles. The number of carbonyl (C=O) groups is 2. The Hall–Kier alpha value is -1.36. The average molecular weight is 328 g/mol. The Kier molecular flexibility index (Phi) is 5.54. The fraction of sp³-hybridized carbons (Fsp3) is 0.429. The van der Waals surface area contributed by atoms with Crippen LogP contribution in [0.3, 0.4) is 0 Å². The highest BCUT2D eigenvalue weighted by molar-refractivity contribution is 9.09. The molecule has 0 heterocycles. The largest absolute Gasteiger partial charge is 0.486 e. The van der Waals surface area contributed by atoms with Gasteiger partial charge in [-0.15, -0.1) is 0 Å². The second-order valence-electron chi connectivity index (χ2n) is 5.11. The predicted octanol–water partition coefficient (Wildman–Crippen LogP) is 3.16. The maximum absolute atomic E-state index is 11.7. The summed E-state index contributed by atoms with van der Waals surface area (Å²) in [6.07, 6.45) is -0.144. The molecular formula is C14H18BrNO3. The molecule has 0 saturated heterocycles. The van der Waals surface area contributed by atoms with Crippen molar-refractivity contribution in [1.29, 1.82) is 0 Å². The van der Waals surface area contributed by atoms with E-state index >= 15 is 0 Å². The van der Waals surface area contributed by atoms with E-state index in [4.69, 9.17) is 4.74 Å². The number of ketones is 1. The summed E-state index contributed by atoms with van der Waals surface area (Å²) >= 11 is 3.03. The number of ether oxygens (including phenoxy) is 1. The summed E-state index contributed by atoms with van der Waals surface area (Å²) in [5, 5.41) is 2.87. The molecule has 0 unspecified atom stereocenters. The second-order valence-corrected chi connectivity index (χ2v) is 5.67. The molecule has 104 valence electrons. The Labute approximate surface area is 121 Å². The van der Waals surface area contributed by atoms with Crippen LogP contribution in [0.5, 0.6) is 5.75 Å². The monoisotopic (exact) mass is 327 g/mol. The summed E-state index contributed by atoms with van der Waals surface area (Å²) in [6, 6.07) is 7.17. The van der Waals surface area contributed by atoms with Gasteiger partial charge >= 0.3 is 0 Å². The third kappa shape index (κ3) is 5.87. The number of nitrogens with one attached hydrogen (secondary N) is 1. The summed E-state index contributed by atoms with van der Waals surface area (Å²) in [5.41, 5.74) is 0.219. The van der Waals surface area contributed by atoms with Gasteiger partial charge in [0, 0.05) is 0 Å². The number of para-hydroxylation sites is 2. The molecule has 1 rings (SSSR count). The van der Waals surface area contributed by atoms with Gasteiger partial charge in [0.05, 0.1) is 17.4 Å². The first-order valence-electron chi connectivity index (χ1n) is 5.97. The molecule has 4 nitrogen and oxygen atoms in total. The van der Waals surface area contributed by atoms with Crippen LogP contribution in [-0.2, 0) is 9.59 Å². The standard InChI is InChI=1S/C14H18BrNO3/c1-14(2,3)19-12-7-5-4-6-11(12)16-13(18)8-10(17)9-15/h4-7H,8-9H2,1-3H3,(H,16,18). The lowest BCUT2D eigenvalue weighted by Crippen LogP contribution is -2.24. The van der Waals surface area contributed by atoms with Crippen molar-refractivity contribution in [1.82, 2.24) is 0 Å². The van der Waals surface area contributed by atoms with Crippen LogP contribution in [0.15, 0.2) is 24.3 Å². The molecule has 0 aliphatic rings. The molecule has 1 aromatic rings. The van der Waals surface area contributed by atoms with Crippen LogP contribution < -0.4 is 10.1 Å². The van der Waals surface area contributed by atoms with Gasteiger partial charge in [-0.25, -0.2) is 0 Å². The second kappa shape index (κ2) is 6.70. The van der Waals surface area contributed by atoms with E-state index in [1.54, 1.807) is 18.2 Å². The minimum atomic E-state index is -0.355. The number of rotatable bonds is 5. The molecule has 1 N–H and O–H groups in total. The van der Waals surface area contributed by atoms with Gasteiger partial charge in [-0.2, -0.15) is 0 Å². The van der Waals surface area contributed by atoms with E-state index in [0.717, 1.165) is 0 Å². The molecule has 0 spiro atoms. The number of anilines is 1. The van der Waals surface area contributed by atoms with E-state index in [0.29, 0.717) is 11.4 Å². The smallest absolute Gasteiger partial charge is 0.231 e. The average Bonchev–Trinajstić information content (AvgIpc) is 2.29. The van der Waals surface area contributed by atoms with Crippen LogP contribution in [0.2, 0.25) is 0 Å². The summed E-state index contributed by atoms with van der Waals surface area (Å²) < 4.78 is 5.76. The van der Waals surface area contributed by atoms with Crippen molar-refractivity contribution in [2.45, 2.75) is 32.8 Å². The van der Waals surface area contributed by atoms with Gasteiger partial charge in [0.1, 0.15) is 11.4 Å². The molecule has 0 atom stereocenters. The molecule has 0 bridgehead atoms. The van der Waals surface area contributed by atoms with Crippen LogP contribution in [0, 0.1) is 0 Å². The maximum Gasteiger partial charge on any atom is 0.231 e. The summed E-state index contributed by atoms with van der Waals surface area (Å²) in [7, 11) is 0. The lowest BCUT2D eigenvalue weighted by atomic mass is 10.2. The zero-order chi connectivity index (χ0) is 14.5. The normalized spacial score (nSPS) is 10.9. The number of hydrogen-bond acceptors (Lipinski definition) is 3. The van der Waals surface area contributed by atoms with Crippen LogP contribution in [0.1, 0.15) is 27.2 Å². The van der Waals surface area contributed by atoms with Crippen molar-refractivity contribution in [3.63, 3.8) is 0 Å². The molecule has 5 heteroatoms. The number of carbonyl (C=O) groups excluding carboxylic acids is 2. The molecule has 0 aliphatic carbocycles. The Bertz CT molecular complexity index is 466. The summed E-state index contributed by atoms with van der Waals surface area (Å²) in [6.45, 7) is 5.79. The minimum Gasteiger partial charge on any atom is -0.486 e. The Morgan fingerprint density at radius 3 is 2.47 bits per heavy atom. The highest BCUT2D eigenvalue weighted by atomic mass is 79.9. The van der Waals surface area contributed by atoms with Crippen molar-refractivity contribution < 1.29 is 14.3 Å². The summed E-state index contributed by atoms with van der Waals surface area (Å²) in [4.78, 5) is 22.9. The van der Waals surface area contributed by atoms with Gasteiger partial charge in [0.2, 0.25) is 5.91 Å². The fourth-order valence-electron chi connectivity index (χ4n) is 1.41. The predicted molar refractivity (Wildman–Crippen MR) is 78.9 cm³/mol. The molecule has 1 aromatic carbocycles. The fourth-order valence-corrected chi connectivity index (χ4v) is 1.61. The van der Waals surface area contributed by atoms with Crippen molar-refractivity contribution in [2.75, 3.05) is 10.6 Å². The lowest BCUT2D eigenvalue weighted by molar-refractivity contribution is -0.123. The van der Waals surface area contributed by atoms with E-state index in [9.17, 15) is 9.59 Å². The third-order valence-corrected chi connectivity index (χ3v) is 2.71. The molecule has 0 aromatic heterocycles. The molecule has 0 radical (unpaired) electrons. The van der Waals surface area contributed by atoms with E-state index in [1.807, 2.05) is 26.8 Å². The lowest BCUT2D eigenvalue weighted by Gasteiger charge is -2.23. The first-order valence-corrected chi connectivity index (χ1v) is 7.09. The first-order chi connectivity index (χ1) is 8.81. The van der Waals surface area contributed by atoms with Gasteiger partial charge < -0.3 is 10.1 Å². The van der Waals surface area contributed by atoms with Crippen LogP contribution >= 0.6 is 15.9 Å². The van der Waals surface area contributed by atoms with E-state index in [2.05, 4.69) is 21.2 Å². The van der Waals surface area contributed by atoms with Gasteiger partial charge in [-0.1, -0.05) is 28.1 Å². The van der Waals surface area contributed by atoms with E-state index < -0.39 is 0 Å². The number of halogens is 1. The van der Waals surface area contributed by atoms with Crippen LogP contribution in [0.4, 0.5) is 5.69 Å². The topological polar surface area (TPSA) is 55.4 Å². The van der Waals surface area contributed by atoms with Crippen LogP contribution in [-0.4, -0.2) is 22.6 Å². The Morgan fingerprint density at radius 2 is 1.89 bits per heavy atom. The highest BCUT2D eigenvalue weighted by Gasteiger charge is 2.16. The molecule has 0 aliphatic heterocycles. The van der Waals surface area contributed by atoms with Crippen molar-refractivity contribution in [2.24, 2.45) is 0 Å². The van der Waals surface area contributed by atoms with Gasteiger partial charge in [-0.05, 0) is 32.9 Å². The van der Waals surface area contributed by atoms with Crippen molar-refractivity contribution in [3.8, 4) is 5.75 Å². The van der Waals surface area contributed by atoms with Gasteiger partial charge in [0.25, 0.3) is 0 Å². The Balaban J connectivity index is 2.78. The number of benzene rings is 1. The first kappa shape index (κ1) is 15.7. The SMILES string of the molecule is CC(C)(C)Oc1ccccc1NC(=O)CC(=O)CBr. The van der Waals surface area contributed by atoms with Crippen LogP contribution in [0.25, 0.3) is 0 Å². The zero-order valence-corrected chi connectivity index (χ0v) is 12.9. The van der Waals surface area contributed by atoms with E-state index in [1.165, 1.54) is 0 Å². The minimum absolute atomic E-state index is 0.144. The Morgan fingerprint density at radius 1 is 1.26 bits per heavy atom. The molecule has 19 heavy (non-hydrogen) atoms. The molecular weight excluding hydrogens is 310 g/mol. The quantitative estimate of drug-likeness (QED) is 0.667. The molecule has 0 fully saturated rings. The third-order valence-electron chi connectivity index (χ3n) is 2.08. The summed E-state index contributed by atoms with van der Waals surface area (Å²) in [5.74, 6) is 0.0933. The van der Waals surface area contributed by atoms with Crippen molar-refractivity contribution in [3.05, 3.63) is 24.3 Å². The number of alkyl halides is 1.